The van der Waals surface area contributed by atoms with Crippen molar-refractivity contribution in [3.63, 3.8) is 0 Å². The van der Waals surface area contributed by atoms with Gasteiger partial charge in [0.05, 0.1) is 5.56 Å². The highest BCUT2D eigenvalue weighted by Crippen LogP contribution is 2.30. The van der Waals surface area contributed by atoms with Crippen molar-refractivity contribution in [3.8, 4) is 0 Å². The first kappa shape index (κ1) is 14.9. The smallest absolute Gasteiger partial charge is 0.340 e. The van der Waals surface area contributed by atoms with Gasteiger partial charge in [-0.25, -0.2) is 4.79 Å². The Hall–Kier alpha value is -2.68. The molecule has 0 aliphatic heterocycles. The zero-order valence-electron chi connectivity index (χ0n) is 13.3. The minimum absolute atomic E-state index is 0.0409. The van der Waals surface area contributed by atoms with Crippen LogP contribution in [0.1, 0.15) is 36.0 Å². The number of benzene rings is 3. The van der Waals surface area contributed by atoms with Crippen molar-refractivity contribution in [2.75, 3.05) is 0 Å². The number of carbonyl (C=O) groups excluding carboxylic acids is 2. The summed E-state index contributed by atoms with van der Waals surface area (Å²) in [6, 6.07) is 17.7. The lowest BCUT2D eigenvalue weighted by Gasteiger charge is -2.21. The van der Waals surface area contributed by atoms with E-state index in [4.69, 9.17) is 4.74 Å². The minimum Gasteiger partial charge on any atom is -0.451 e. The molecular formula is C21H18O3. The molecule has 3 nitrogen and oxygen atoms in total. The Kier molecular flexibility index (Phi) is 3.77. The molecule has 3 heteroatoms. The maximum atomic E-state index is 12.9. The maximum absolute atomic E-state index is 12.9. The van der Waals surface area contributed by atoms with Gasteiger partial charge in [-0.1, -0.05) is 48.5 Å². The zero-order chi connectivity index (χ0) is 16.5. The monoisotopic (exact) mass is 318 g/mol. The van der Waals surface area contributed by atoms with Gasteiger partial charge < -0.3 is 4.74 Å². The summed E-state index contributed by atoms with van der Waals surface area (Å²) in [7, 11) is 0. The van der Waals surface area contributed by atoms with Crippen molar-refractivity contribution in [1.29, 1.82) is 0 Å². The fourth-order valence-corrected chi connectivity index (χ4v) is 3.50. The van der Waals surface area contributed by atoms with Crippen LogP contribution in [0.25, 0.3) is 21.5 Å². The van der Waals surface area contributed by atoms with E-state index in [1.54, 1.807) is 0 Å². The van der Waals surface area contributed by atoms with E-state index < -0.39 is 12.1 Å². The maximum Gasteiger partial charge on any atom is 0.340 e. The summed E-state index contributed by atoms with van der Waals surface area (Å²) in [4.78, 5) is 24.9. The molecule has 0 aromatic heterocycles. The lowest BCUT2D eigenvalue weighted by molar-refractivity contribution is -0.129. The van der Waals surface area contributed by atoms with Gasteiger partial charge in [0.1, 0.15) is 0 Å². The van der Waals surface area contributed by atoms with E-state index >= 15 is 0 Å². The van der Waals surface area contributed by atoms with E-state index in [-0.39, 0.29) is 5.78 Å². The van der Waals surface area contributed by atoms with Crippen molar-refractivity contribution in [3.05, 3.63) is 60.2 Å². The third-order valence-corrected chi connectivity index (χ3v) is 4.72. The molecule has 24 heavy (non-hydrogen) atoms. The van der Waals surface area contributed by atoms with Gasteiger partial charge in [0.15, 0.2) is 11.9 Å². The fraction of sp³-hybridized carbons (Fsp3) is 0.238. The van der Waals surface area contributed by atoms with Gasteiger partial charge in [-0.2, -0.15) is 0 Å². The van der Waals surface area contributed by atoms with Crippen molar-refractivity contribution in [1.82, 2.24) is 0 Å². The number of carbonyl (C=O) groups is 2. The Labute approximate surface area is 140 Å². The quantitative estimate of drug-likeness (QED) is 0.510. The molecule has 0 N–H and O–H groups in total. The number of rotatable bonds is 2. The van der Waals surface area contributed by atoms with Crippen LogP contribution in [0.2, 0.25) is 0 Å². The normalized spacial score (nSPS) is 18.0. The van der Waals surface area contributed by atoms with E-state index in [1.807, 2.05) is 48.5 Å². The van der Waals surface area contributed by atoms with Crippen LogP contribution in [0, 0.1) is 0 Å². The Morgan fingerprint density at radius 2 is 1.54 bits per heavy atom. The molecule has 0 amide bonds. The van der Waals surface area contributed by atoms with Crippen LogP contribution in [0.5, 0.6) is 0 Å². The molecule has 0 spiro atoms. The first-order valence-electron chi connectivity index (χ1n) is 8.38. The number of Topliss-reactive ketones (excluding diaryl/α,β-unsaturated/α-hetero) is 1. The van der Waals surface area contributed by atoms with E-state index in [9.17, 15) is 9.59 Å². The molecule has 0 heterocycles. The second-order valence-electron chi connectivity index (χ2n) is 6.30. The highest BCUT2D eigenvalue weighted by molar-refractivity contribution is 6.16. The van der Waals surface area contributed by atoms with Crippen LogP contribution < -0.4 is 0 Å². The lowest BCUT2D eigenvalue weighted by atomic mass is 9.95. The largest absolute Gasteiger partial charge is 0.451 e. The Morgan fingerprint density at radius 3 is 2.17 bits per heavy atom. The van der Waals surface area contributed by atoms with Gasteiger partial charge >= 0.3 is 5.97 Å². The molecular weight excluding hydrogens is 300 g/mol. The topological polar surface area (TPSA) is 43.4 Å². The zero-order valence-corrected chi connectivity index (χ0v) is 13.3. The van der Waals surface area contributed by atoms with E-state index in [1.165, 1.54) is 0 Å². The van der Waals surface area contributed by atoms with Crippen molar-refractivity contribution in [2.24, 2.45) is 0 Å². The molecule has 1 aliphatic rings. The number of ketones is 1. The van der Waals surface area contributed by atoms with Crippen molar-refractivity contribution in [2.45, 2.75) is 31.8 Å². The van der Waals surface area contributed by atoms with Gasteiger partial charge in [-0.3, -0.25) is 4.79 Å². The number of hydrogen-bond donors (Lipinski definition) is 0. The first-order valence-corrected chi connectivity index (χ1v) is 8.38. The summed E-state index contributed by atoms with van der Waals surface area (Å²) in [5.41, 5.74) is 0.557. The molecule has 0 saturated heterocycles. The van der Waals surface area contributed by atoms with Crippen molar-refractivity contribution < 1.29 is 14.3 Å². The minimum atomic E-state index is -0.594. The van der Waals surface area contributed by atoms with Crippen LogP contribution >= 0.6 is 0 Å². The van der Waals surface area contributed by atoms with Gasteiger partial charge in [0.25, 0.3) is 0 Å². The summed E-state index contributed by atoms with van der Waals surface area (Å²) >= 11 is 0. The van der Waals surface area contributed by atoms with Gasteiger partial charge in [-0.15, -0.1) is 0 Å². The molecule has 0 bridgehead atoms. The fourth-order valence-electron chi connectivity index (χ4n) is 3.50. The third-order valence-electron chi connectivity index (χ3n) is 4.72. The lowest BCUT2D eigenvalue weighted by Crippen LogP contribution is -2.30. The molecule has 0 radical (unpaired) electrons. The number of esters is 1. The molecule has 1 aliphatic carbocycles. The van der Waals surface area contributed by atoms with Crippen LogP contribution in [0.4, 0.5) is 0 Å². The standard InChI is InChI=1S/C21H18O3/c22-18-11-5-6-12-19(18)24-21(23)20-16-9-3-1-7-14(16)13-15-8-2-4-10-17(15)20/h1-4,7-10,13,19H,5-6,11-12H2/t19-/m0/s1. The third kappa shape index (κ3) is 2.56. The highest BCUT2D eigenvalue weighted by Gasteiger charge is 2.27. The van der Waals surface area contributed by atoms with Crippen LogP contribution in [-0.2, 0) is 9.53 Å². The highest BCUT2D eigenvalue weighted by atomic mass is 16.5. The van der Waals surface area contributed by atoms with Crippen LogP contribution in [0.15, 0.2) is 54.6 Å². The molecule has 120 valence electrons. The predicted octanol–water partition coefficient (Wildman–Crippen LogP) is 4.66. The molecule has 1 atom stereocenters. The Bertz CT molecular complexity index is 888. The molecule has 1 saturated carbocycles. The number of hydrogen-bond acceptors (Lipinski definition) is 3. The molecule has 3 aromatic carbocycles. The first-order chi connectivity index (χ1) is 11.7. The SMILES string of the molecule is O=C(O[C@H]1CCCCC1=O)c1c2ccccc2cc2ccccc12. The second-order valence-corrected chi connectivity index (χ2v) is 6.30. The van der Waals surface area contributed by atoms with Crippen LogP contribution in [0.3, 0.4) is 0 Å². The average molecular weight is 318 g/mol. The van der Waals surface area contributed by atoms with E-state index in [0.29, 0.717) is 18.4 Å². The molecule has 3 aromatic rings. The van der Waals surface area contributed by atoms with Gasteiger partial charge in [0, 0.05) is 6.42 Å². The second kappa shape index (κ2) is 6.08. The average Bonchev–Trinajstić information content (AvgIpc) is 2.61. The Balaban J connectivity index is 1.83. The summed E-state index contributed by atoms with van der Waals surface area (Å²) in [5.74, 6) is -0.359. The number of fused-ring (bicyclic) bond motifs is 2. The van der Waals surface area contributed by atoms with Gasteiger partial charge in [-0.05, 0) is 46.9 Å². The van der Waals surface area contributed by atoms with Crippen LogP contribution in [-0.4, -0.2) is 17.9 Å². The summed E-state index contributed by atoms with van der Waals surface area (Å²) in [5, 5.41) is 3.73. The molecule has 4 rings (SSSR count). The number of ether oxygens (including phenoxy) is 1. The summed E-state index contributed by atoms with van der Waals surface area (Å²) in [6.07, 6.45) is 2.37. The molecule has 0 unspecified atom stereocenters. The predicted molar refractivity (Wildman–Crippen MR) is 94.1 cm³/mol. The van der Waals surface area contributed by atoms with Gasteiger partial charge in [0.2, 0.25) is 0 Å². The van der Waals surface area contributed by atoms with E-state index in [0.717, 1.165) is 34.4 Å². The summed E-state index contributed by atoms with van der Waals surface area (Å²) in [6.45, 7) is 0. The summed E-state index contributed by atoms with van der Waals surface area (Å²) < 4.78 is 5.62. The molecule has 1 fully saturated rings. The van der Waals surface area contributed by atoms with Crippen molar-refractivity contribution >= 4 is 33.3 Å². The Morgan fingerprint density at radius 1 is 0.917 bits per heavy atom. The van der Waals surface area contributed by atoms with E-state index in [2.05, 4.69) is 6.07 Å².